The second-order valence-corrected chi connectivity index (χ2v) is 3.22. The molecule has 0 aromatic carbocycles. The van der Waals surface area contributed by atoms with Gasteiger partial charge in [0.05, 0.1) is 0 Å². The molecule has 0 bridgehead atoms. The summed E-state index contributed by atoms with van der Waals surface area (Å²) in [6.45, 7) is 0. The summed E-state index contributed by atoms with van der Waals surface area (Å²) < 4.78 is 27.5. The first-order chi connectivity index (χ1) is 7.26. The molecular formula is C2H8N8O4S2. The van der Waals surface area contributed by atoms with Gasteiger partial charge in [-0.05, 0) is 12.2 Å². The molecule has 0 rings (SSSR count). The van der Waals surface area contributed by atoms with E-state index in [1.54, 1.807) is 0 Å². The number of amides is 2. The molecule has 0 heterocycles. The number of hydrogen-bond donors (Lipinski definition) is 7. The zero-order valence-corrected chi connectivity index (χ0v) is 9.09. The lowest BCUT2D eigenvalue weighted by atomic mass is 11.1. The topological polar surface area (TPSA) is 206 Å². The molecule has 0 aliphatic carbocycles. The van der Waals surface area contributed by atoms with E-state index in [1.807, 2.05) is 5.43 Å². The van der Waals surface area contributed by atoms with Crippen molar-refractivity contribution in [2.45, 2.75) is 0 Å². The first-order valence-corrected chi connectivity index (χ1v) is 4.91. The fourth-order valence-electron chi connectivity index (χ4n) is 0.168. The summed E-state index contributed by atoms with van der Waals surface area (Å²) >= 11 is 4.27. The van der Waals surface area contributed by atoms with Crippen molar-refractivity contribution in [2.24, 2.45) is 16.1 Å². The van der Waals surface area contributed by atoms with Gasteiger partial charge < -0.3 is 0 Å². The van der Waals surface area contributed by atoms with Crippen molar-refractivity contribution in [2.75, 3.05) is 0 Å². The van der Waals surface area contributed by atoms with E-state index in [-0.39, 0.29) is 5.11 Å². The standard InChI is InChI=1S/CH4N4O4S.CH4N4S/c2-3-1(6)4-5-10(7,8)9;2-4-1(6)5-3/h2,5H,(H,4,6)(H,7,8,9);2H,3H2,(H,5,6). The third-order valence-corrected chi connectivity index (χ3v) is 1.18. The Balaban J connectivity index is 0. The zero-order valence-electron chi connectivity index (χ0n) is 7.46. The molecule has 0 unspecified atom stereocenters. The quantitative estimate of drug-likeness (QED) is 0.107. The molecule has 0 aromatic rings. The van der Waals surface area contributed by atoms with E-state index in [2.05, 4.69) is 28.3 Å². The van der Waals surface area contributed by atoms with Crippen LogP contribution in [-0.2, 0) is 10.3 Å². The fourth-order valence-corrected chi connectivity index (χ4v) is 0.385. The molecule has 14 heteroatoms. The molecule has 0 spiro atoms. The fraction of sp³-hybridized carbons (Fsp3) is 0. The van der Waals surface area contributed by atoms with Crippen LogP contribution in [-0.4, -0.2) is 24.1 Å². The first kappa shape index (κ1) is 16.8. The molecule has 2 amide bonds. The molecule has 0 atom stereocenters. The average Bonchev–Trinajstić information content (AvgIpc) is 2.24. The van der Waals surface area contributed by atoms with Crippen LogP contribution in [0.3, 0.4) is 0 Å². The molecule has 16 heavy (non-hydrogen) atoms. The van der Waals surface area contributed by atoms with Gasteiger partial charge in [0, 0.05) is 0 Å². The molecule has 0 aromatic heterocycles. The number of nitrogens with one attached hydrogen (secondary N) is 5. The Kier molecular flexibility index (Phi) is 9.12. The van der Waals surface area contributed by atoms with Crippen LogP contribution in [0.4, 0.5) is 4.79 Å². The molecule has 0 fully saturated rings. The minimum atomic E-state index is -4.45. The second kappa shape index (κ2) is 8.68. The predicted octanol–water partition coefficient (Wildman–Crippen LogP) is -1.20. The van der Waals surface area contributed by atoms with Gasteiger partial charge in [-0.1, -0.05) is 5.11 Å². The first-order valence-electron chi connectivity index (χ1n) is 3.06. The minimum Gasteiger partial charge on any atom is -0.298 e. The summed E-state index contributed by atoms with van der Waals surface area (Å²) in [5.74, 6) is 4.68. The van der Waals surface area contributed by atoms with Crippen molar-refractivity contribution in [1.29, 1.82) is 11.1 Å². The molecule has 0 saturated heterocycles. The highest BCUT2D eigenvalue weighted by molar-refractivity contribution is 7.83. The van der Waals surface area contributed by atoms with E-state index < -0.39 is 16.3 Å². The molecular weight excluding hydrogens is 264 g/mol. The third kappa shape index (κ3) is 14.9. The predicted molar refractivity (Wildman–Crippen MR) is 53.4 cm³/mol. The maximum atomic E-state index is 9.96. The Morgan fingerprint density at radius 3 is 2.06 bits per heavy atom. The van der Waals surface area contributed by atoms with Gasteiger partial charge in [-0.2, -0.15) is 13.9 Å². The average molecular weight is 272 g/mol. The summed E-state index contributed by atoms with van der Waals surface area (Å²) in [4.78, 5) is 11.1. The van der Waals surface area contributed by atoms with Gasteiger partial charge in [0.1, 0.15) is 0 Å². The Hall–Kier alpha value is -1.61. The molecule has 12 nitrogen and oxygen atoms in total. The van der Waals surface area contributed by atoms with E-state index in [4.69, 9.17) is 15.6 Å². The smallest absolute Gasteiger partial charge is 0.298 e. The number of rotatable bonds is 2. The van der Waals surface area contributed by atoms with E-state index in [0.29, 0.717) is 0 Å². The van der Waals surface area contributed by atoms with Crippen LogP contribution < -0.4 is 21.5 Å². The molecule has 92 valence electrons. The van der Waals surface area contributed by atoms with Crippen molar-refractivity contribution >= 4 is 33.7 Å². The summed E-state index contributed by atoms with van der Waals surface area (Å²) in [6, 6.07) is -1.22. The number of nitrogens with zero attached hydrogens (tertiary/aromatic N) is 2. The Labute approximate surface area is 94.8 Å². The maximum absolute atomic E-state index is 9.96. The largest absolute Gasteiger partial charge is 0.374 e. The van der Waals surface area contributed by atoms with Gasteiger partial charge >= 0.3 is 16.3 Å². The number of carbonyl (C=O) groups excluding carboxylic acids is 1. The molecule has 0 saturated carbocycles. The monoisotopic (exact) mass is 272 g/mol. The lowest BCUT2D eigenvalue weighted by molar-refractivity contribution is 0.245. The van der Waals surface area contributed by atoms with Gasteiger partial charge in [-0.25, -0.2) is 16.2 Å². The number of hydrogen-bond acceptors (Lipinski definition) is 7. The Morgan fingerprint density at radius 2 is 1.88 bits per heavy atom. The maximum Gasteiger partial charge on any atom is 0.374 e. The minimum absolute atomic E-state index is 0.00463. The van der Waals surface area contributed by atoms with Crippen molar-refractivity contribution in [3.63, 3.8) is 0 Å². The zero-order chi connectivity index (χ0) is 13.2. The summed E-state index contributed by atoms with van der Waals surface area (Å²) in [5.41, 5.74) is 15.5. The number of carbonyl (C=O) groups is 1. The van der Waals surface area contributed by atoms with E-state index >= 15 is 0 Å². The third-order valence-electron chi connectivity index (χ3n) is 0.614. The van der Waals surface area contributed by atoms with Crippen molar-refractivity contribution < 1.29 is 17.8 Å². The second-order valence-electron chi connectivity index (χ2n) is 1.68. The van der Waals surface area contributed by atoms with Crippen LogP contribution in [0.2, 0.25) is 0 Å². The Morgan fingerprint density at radius 1 is 1.38 bits per heavy atom. The summed E-state index contributed by atoms with van der Waals surface area (Å²) in [6.07, 6.45) is 0. The van der Waals surface area contributed by atoms with E-state index in [9.17, 15) is 13.2 Å². The van der Waals surface area contributed by atoms with Gasteiger partial charge in [0.2, 0.25) is 5.11 Å². The van der Waals surface area contributed by atoms with Crippen molar-refractivity contribution in [3.05, 3.63) is 0 Å². The normalized spacial score (nSPS) is 9.12. The number of urea groups is 1. The number of hydrazine groups is 2. The Bertz CT molecular complexity index is 362. The molecule has 8 N–H and O–H groups in total. The van der Waals surface area contributed by atoms with Crippen LogP contribution in [0.15, 0.2) is 10.2 Å². The summed E-state index contributed by atoms with van der Waals surface area (Å²) in [7, 11) is -4.45. The molecule has 0 aliphatic rings. The van der Waals surface area contributed by atoms with Crippen molar-refractivity contribution in [3.8, 4) is 0 Å². The highest BCUT2D eigenvalue weighted by Crippen LogP contribution is 1.70. The lowest BCUT2D eigenvalue weighted by Gasteiger charge is -1.96. The number of thiocarbonyl (C=S) groups is 1. The van der Waals surface area contributed by atoms with Crippen LogP contribution in [0, 0.1) is 11.1 Å². The molecule has 0 radical (unpaired) electrons. The molecule has 0 aliphatic heterocycles. The lowest BCUT2D eigenvalue weighted by Crippen LogP contribution is -2.39. The van der Waals surface area contributed by atoms with E-state index in [0.717, 1.165) is 0 Å². The van der Waals surface area contributed by atoms with Crippen LogP contribution in [0.5, 0.6) is 0 Å². The van der Waals surface area contributed by atoms with Gasteiger partial charge in [0.25, 0.3) is 0 Å². The SMILES string of the molecule is N=NC(=O)NNS(=O)(=O)O.N=NC(=S)NN. The summed E-state index contributed by atoms with van der Waals surface area (Å²) in [5, 5.41) is 5.00. The van der Waals surface area contributed by atoms with Crippen LogP contribution in [0.1, 0.15) is 0 Å². The van der Waals surface area contributed by atoms with Gasteiger partial charge in [-0.3, -0.25) is 15.4 Å². The van der Waals surface area contributed by atoms with Gasteiger partial charge in [-0.15, -0.1) is 9.95 Å². The van der Waals surface area contributed by atoms with Crippen LogP contribution >= 0.6 is 12.2 Å². The van der Waals surface area contributed by atoms with Gasteiger partial charge in [0.15, 0.2) is 0 Å². The van der Waals surface area contributed by atoms with E-state index in [1.165, 1.54) is 10.3 Å². The highest BCUT2D eigenvalue weighted by Gasteiger charge is 2.03. The van der Waals surface area contributed by atoms with Crippen LogP contribution in [0.25, 0.3) is 0 Å². The van der Waals surface area contributed by atoms with Crippen molar-refractivity contribution in [1.82, 2.24) is 15.7 Å². The highest BCUT2D eigenvalue weighted by atomic mass is 32.2. The number of nitrogens with two attached hydrogens (primary N) is 1.